The SMILES string of the molecule is C[C@H](NCCc1cnn(C)c1)C1CCCCC1. The van der Waals surface area contributed by atoms with Crippen LogP contribution < -0.4 is 5.32 Å². The lowest BCUT2D eigenvalue weighted by Gasteiger charge is -2.28. The molecule has 0 unspecified atom stereocenters. The Balaban J connectivity index is 1.67. The number of nitrogens with zero attached hydrogens (tertiary/aromatic N) is 2. The fraction of sp³-hybridized carbons (Fsp3) is 0.786. The van der Waals surface area contributed by atoms with Crippen LogP contribution in [0.2, 0.25) is 0 Å². The Labute approximate surface area is 105 Å². The largest absolute Gasteiger partial charge is 0.314 e. The first-order valence-electron chi connectivity index (χ1n) is 6.96. The maximum atomic E-state index is 4.19. The van der Waals surface area contributed by atoms with E-state index in [1.54, 1.807) is 0 Å². The molecule has 1 aliphatic carbocycles. The second-order valence-electron chi connectivity index (χ2n) is 5.41. The van der Waals surface area contributed by atoms with Crippen molar-refractivity contribution in [1.82, 2.24) is 15.1 Å². The zero-order valence-corrected chi connectivity index (χ0v) is 11.2. The predicted octanol–water partition coefficient (Wildman–Crippen LogP) is 2.52. The first kappa shape index (κ1) is 12.6. The molecule has 3 heteroatoms. The third-order valence-electron chi connectivity index (χ3n) is 4.00. The summed E-state index contributed by atoms with van der Waals surface area (Å²) >= 11 is 0. The first-order chi connectivity index (χ1) is 8.25. The van der Waals surface area contributed by atoms with Crippen LogP contribution in [0.15, 0.2) is 12.4 Å². The molecule has 17 heavy (non-hydrogen) atoms. The third-order valence-corrected chi connectivity index (χ3v) is 4.00. The smallest absolute Gasteiger partial charge is 0.0522 e. The average Bonchev–Trinajstić information content (AvgIpc) is 2.76. The van der Waals surface area contributed by atoms with Crippen LogP contribution in [0.5, 0.6) is 0 Å². The lowest BCUT2D eigenvalue weighted by molar-refractivity contribution is 0.283. The maximum absolute atomic E-state index is 4.19. The van der Waals surface area contributed by atoms with Gasteiger partial charge in [-0.2, -0.15) is 5.10 Å². The van der Waals surface area contributed by atoms with Gasteiger partial charge in [0.1, 0.15) is 0 Å². The summed E-state index contributed by atoms with van der Waals surface area (Å²) in [4.78, 5) is 0. The van der Waals surface area contributed by atoms with Crippen LogP contribution in [0.25, 0.3) is 0 Å². The molecule has 2 rings (SSSR count). The summed E-state index contributed by atoms with van der Waals surface area (Å²) < 4.78 is 1.87. The van der Waals surface area contributed by atoms with E-state index in [1.807, 2.05) is 17.9 Å². The second kappa shape index (κ2) is 6.20. The van der Waals surface area contributed by atoms with Crippen molar-refractivity contribution in [3.05, 3.63) is 18.0 Å². The van der Waals surface area contributed by atoms with Crippen LogP contribution in [0.1, 0.15) is 44.6 Å². The van der Waals surface area contributed by atoms with Crippen molar-refractivity contribution in [3.8, 4) is 0 Å². The molecule has 0 radical (unpaired) electrons. The monoisotopic (exact) mass is 235 g/mol. The van der Waals surface area contributed by atoms with Gasteiger partial charge in [0.15, 0.2) is 0 Å². The molecule has 1 aromatic rings. The van der Waals surface area contributed by atoms with Crippen LogP contribution in [0.3, 0.4) is 0 Å². The highest BCUT2D eigenvalue weighted by Crippen LogP contribution is 2.26. The summed E-state index contributed by atoms with van der Waals surface area (Å²) in [6.45, 7) is 3.42. The minimum absolute atomic E-state index is 0.673. The first-order valence-corrected chi connectivity index (χ1v) is 6.96. The Kier molecular flexibility index (Phi) is 4.60. The lowest BCUT2D eigenvalue weighted by atomic mass is 9.84. The zero-order valence-electron chi connectivity index (χ0n) is 11.2. The van der Waals surface area contributed by atoms with Crippen LogP contribution >= 0.6 is 0 Å². The summed E-state index contributed by atoms with van der Waals surface area (Å²) in [7, 11) is 1.97. The number of rotatable bonds is 5. The molecule has 1 saturated carbocycles. The van der Waals surface area contributed by atoms with Crippen molar-refractivity contribution in [3.63, 3.8) is 0 Å². The van der Waals surface area contributed by atoms with Crippen molar-refractivity contribution in [2.45, 2.75) is 51.5 Å². The van der Waals surface area contributed by atoms with Gasteiger partial charge in [-0.3, -0.25) is 4.68 Å². The van der Waals surface area contributed by atoms with Gasteiger partial charge in [-0.15, -0.1) is 0 Å². The molecule has 0 spiro atoms. The van der Waals surface area contributed by atoms with E-state index in [-0.39, 0.29) is 0 Å². The van der Waals surface area contributed by atoms with E-state index in [0.717, 1.165) is 18.9 Å². The van der Waals surface area contributed by atoms with E-state index >= 15 is 0 Å². The molecule has 1 N–H and O–H groups in total. The highest BCUT2D eigenvalue weighted by molar-refractivity contribution is 5.03. The maximum Gasteiger partial charge on any atom is 0.0522 e. The van der Waals surface area contributed by atoms with Gasteiger partial charge in [-0.05, 0) is 44.2 Å². The predicted molar refractivity (Wildman–Crippen MR) is 71.0 cm³/mol. The topological polar surface area (TPSA) is 29.9 Å². The van der Waals surface area contributed by atoms with Crippen molar-refractivity contribution in [2.24, 2.45) is 13.0 Å². The van der Waals surface area contributed by atoms with Crippen molar-refractivity contribution < 1.29 is 0 Å². The van der Waals surface area contributed by atoms with Gasteiger partial charge < -0.3 is 5.32 Å². The third kappa shape index (κ3) is 3.84. The molecular weight excluding hydrogens is 210 g/mol. The highest BCUT2D eigenvalue weighted by Gasteiger charge is 2.19. The molecule has 0 amide bonds. The molecule has 1 atom stereocenters. The number of aromatic nitrogens is 2. The van der Waals surface area contributed by atoms with E-state index < -0.39 is 0 Å². The summed E-state index contributed by atoms with van der Waals surface area (Å²) in [5, 5.41) is 7.87. The fourth-order valence-corrected chi connectivity index (χ4v) is 2.85. The summed E-state index contributed by atoms with van der Waals surface area (Å²) in [6.07, 6.45) is 12.3. The van der Waals surface area contributed by atoms with Crippen molar-refractivity contribution in [1.29, 1.82) is 0 Å². The minimum Gasteiger partial charge on any atom is -0.314 e. The Hall–Kier alpha value is -0.830. The van der Waals surface area contributed by atoms with Gasteiger partial charge in [0.25, 0.3) is 0 Å². The summed E-state index contributed by atoms with van der Waals surface area (Å²) in [5.41, 5.74) is 1.33. The second-order valence-corrected chi connectivity index (χ2v) is 5.41. The summed E-state index contributed by atoms with van der Waals surface area (Å²) in [5.74, 6) is 0.901. The number of aryl methyl sites for hydroxylation is 1. The minimum atomic E-state index is 0.673. The van der Waals surface area contributed by atoms with Gasteiger partial charge in [0.05, 0.1) is 6.20 Å². The lowest BCUT2D eigenvalue weighted by Crippen LogP contribution is -2.35. The Morgan fingerprint density at radius 2 is 2.18 bits per heavy atom. The van der Waals surface area contributed by atoms with E-state index in [2.05, 4.69) is 23.5 Å². The molecule has 1 aliphatic rings. The Bertz CT molecular complexity index is 326. The molecule has 1 heterocycles. The molecule has 3 nitrogen and oxygen atoms in total. The number of hydrogen-bond acceptors (Lipinski definition) is 2. The molecule has 0 saturated heterocycles. The van der Waals surface area contributed by atoms with Crippen LogP contribution in [-0.4, -0.2) is 22.4 Å². The van der Waals surface area contributed by atoms with E-state index in [4.69, 9.17) is 0 Å². The van der Waals surface area contributed by atoms with Gasteiger partial charge in [-0.25, -0.2) is 0 Å². The van der Waals surface area contributed by atoms with Gasteiger partial charge >= 0.3 is 0 Å². The zero-order chi connectivity index (χ0) is 12.1. The summed E-state index contributed by atoms with van der Waals surface area (Å²) in [6, 6.07) is 0.673. The number of hydrogen-bond donors (Lipinski definition) is 1. The molecule has 0 aromatic carbocycles. The molecular formula is C14H25N3. The van der Waals surface area contributed by atoms with Crippen molar-refractivity contribution in [2.75, 3.05) is 6.54 Å². The molecule has 1 fully saturated rings. The molecule has 96 valence electrons. The fourth-order valence-electron chi connectivity index (χ4n) is 2.85. The van der Waals surface area contributed by atoms with Crippen LogP contribution in [0, 0.1) is 5.92 Å². The number of nitrogens with one attached hydrogen (secondary N) is 1. The van der Waals surface area contributed by atoms with Gasteiger partial charge in [0.2, 0.25) is 0 Å². The molecule has 0 aliphatic heterocycles. The van der Waals surface area contributed by atoms with E-state index in [9.17, 15) is 0 Å². The molecule has 1 aromatic heterocycles. The van der Waals surface area contributed by atoms with E-state index in [0.29, 0.717) is 6.04 Å². The molecule has 0 bridgehead atoms. The van der Waals surface area contributed by atoms with Crippen molar-refractivity contribution >= 4 is 0 Å². The Morgan fingerprint density at radius 1 is 1.41 bits per heavy atom. The standard InChI is InChI=1S/C14H25N3/c1-12(14-6-4-3-5-7-14)15-9-8-13-10-16-17(2)11-13/h10-12,14-15H,3-9H2,1-2H3/t12-/m0/s1. The van der Waals surface area contributed by atoms with Crippen LogP contribution in [-0.2, 0) is 13.5 Å². The van der Waals surface area contributed by atoms with E-state index in [1.165, 1.54) is 37.7 Å². The highest BCUT2D eigenvalue weighted by atomic mass is 15.2. The Morgan fingerprint density at radius 3 is 2.82 bits per heavy atom. The quantitative estimate of drug-likeness (QED) is 0.850. The van der Waals surface area contributed by atoms with Gasteiger partial charge in [-0.1, -0.05) is 19.3 Å². The average molecular weight is 235 g/mol. The van der Waals surface area contributed by atoms with Gasteiger partial charge in [0, 0.05) is 19.3 Å². The van der Waals surface area contributed by atoms with Crippen LogP contribution in [0.4, 0.5) is 0 Å². The normalized spacial score (nSPS) is 19.4.